The number of Topliss-reactive ketones (excluding diaryl/α,β-unsaturated/α-hetero) is 1. The minimum absolute atomic E-state index is 0.191. The maximum Gasteiger partial charge on any atom is 0.219 e. The lowest BCUT2D eigenvalue weighted by Gasteiger charge is -2.07. The van der Waals surface area contributed by atoms with E-state index >= 15 is 0 Å². The summed E-state index contributed by atoms with van der Waals surface area (Å²) in [4.78, 5) is 33.2. The number of thiazole rings is 1. The van der Waals surface area contributed by atoms with Crippen molar-refractivity contribution >= 4 is 39.2 Å². The van der Waals surface area contributed by atoms with E-state index in [4.69, 9.17) is 16.5 Å². The van der Waals surface area contributed by atoms with Gasteiger partial charge in [-0.05, 0) is 24.1 Å². The van der Waals surface area contributed by atoms with Crippen LogP contribution in [0.5, 0.6) is 0 Å². The number of benzene rings is 1. The van der Waals surface area contributed by atoms with Gasteiger partial charge in [-0.2, -0.15) is 0 Å². The molecule has 0 fully saturated rings. The van der Waals surface area contributed by atoms with E-state index in [1.165, 1.54) is 11.3 Å². The van der Waals surface area contributed by atoms with Crippen molar-refractivity contribution < 1.29 is 4.79 Å². The van der Waals surface area contributed by atoms with Crippen LogP contribution in [0.4, 0.5) is 11.9 Å². The molecule has 0 spiro atoms. The van der Waals surface area contributed by atoms with E-state index in [9.17, 15) is 4.79 Å². The van der Waals surface area contributed by atoms with Gasteiger partial charge in [-0.15, -0.1) is 11.3 Å². The summed E-state index contributed by atoms with van der Waals surface area (Å²) < 4.78 is 0.970. The highest BCUT2D eigenvalue weighted by molar-refractivity contribution is 7.19. The molecular weight excluding hydrogens is 386 g/mol. The molecule has 0 radical (unpaired) electrons. The second-order valence-electron chi connectivity index (χ2n) is 6.60. The lowest BCUT2D eigenvalue weighted by atomic mass is 10.0. The van der Waals surface area contributed by atoms with Gasteiger partial charge in [0.25, 0.3) is 0 Å². The summed E-state index contributed by atoms with van der Waals surface area (Å²) >= 11 is 1.51. The molecule has 0 aliphatic carbocycles. The van der Waals surface area contributed by atoms with Crippen LogP contribution in [0, 0.1) is 0 Å². The molecule has 4 N–H and O–H groups in total. The van der Waals surface area contributed by atoms with Gasteiger partial charge in [0, 0.05) is 47.9 Å². The fourth-order valence-electron chi connectivity index (χ4n) is 3.04. The molecule has 1 aromatic carbocycles. The van der Waals surface area contributed by atoms with Crippen LogP contribution in [-0.4, -0.2) is 30.7 Å². The Morgan fingerprint density at radius 3 is 2.17 bits per heavy atom. The normalized spacial score (nSPS) is 11.1. The molecule has 4 rings (SSSR count). The first kappa shape index (κ1) is 18.9. The number of anilines is 2. The average Bonchev–Trinajstić information content (AvgIpc) is 3.11. The highest BCUT2D eigenvalue weighted by Crippen LogP contribution is 2.37. The third kappa shape index (κ3) is 4.04. The van der Waals surface area contributed by atoms with Crippen LogP contribution in [0.1, 0.15) is 24.8 Å². The molecule has 0 atom stereocenters. The summed E-state index contributed by atoms with van der Waals surface area (Å²) in [6.45, 7) is 2.00. The van der Waals surface area contributed by atoms with E-state index in [2.05, 4.69) is 19.9 Å². The number of aromatic nitrogens is 5. The highest BCUT2D eigenvalue weighted by Gasteiger charge is 2.15. The molecule has 0 bridgehead atoms. The summed E-state index contributed by atoms with van der Waals surface area (Å²) in [7, 11) is 0. The molecule has 146 valence electrons. The van der Waals surface area contributed by atoms with Crippen LogP contribution in [0.25, 0.3) is 32.5 Å². The summed E-state index contributed by atoms with van der Waals surface area (Å²) in [5.74, 6) is 0.617. The Morgan fingerprint density at radius 2 is 1.55 bits per heavy atom. The van der Waals surface area contributed by atoms with Crippen molar-refractivity contribution in [2.24, 2.45) is 0 Å². The van der Waals surface area contributed by atoms with Crippen molar-refractivity contribution in [1.29, 1.82) is 0 Å². The Balaban J connectivity index is 1.86. The molecule has 0 aliphatic rings. The second kappa shape index (κ2) is 7.88. The number of nitrogens with zero attached hydrogens (tertiary/aromatic N) is 5. The van der Waals surface area contributed by atoms with Crippen LogP contribution < -0.4 is 11.5 Å². The van der Waals surface area contributed by atoms with Crippen molar-refractivity contribution in [3.63, 3.8) is 0 Å². The minimum atomic E-state index is 0.191. The van der Waals surface area contributed by atoms with E-state index < -0.39 is 0 Å². The van der Waals surface area contributed by atoms with Gasteiger partial charge in [-0.3, -0.25) is 4.79 Å². The summed E-state index contributed by atoms with van der Waals surface area (Å²) in [6, 6.07) is 3.98. The van der Waals surface area contributed by atoms with Crippen molar-refractivity contribution in [3.05, 3.63) is 41.9 Å². The zero-order valence-corrected chi connectivity index (χ0v) is 16.6. The number of carbonyl (C=O) groups is 1. The Bertz CT molecular complexity index is 1170. The van der Waals surface area contributed by atoms with Crippen LogP contribution in [0.2, 0.25) is 0 Å². The molecule has 0 unspecified atom stereocenters. The number of nitrogen functional groups attached to an aromatic ring is 2. The molecule has 9 heteroatoms. The Labute approximate surface area is 171 Å². The number of carbonyl (C=O) groups excluding carboxylic acids is 1. The van der Waals surface area contributed by atoms with Gasteiger partial charge >= 0.3 is 0 Å². The minimum Gasteiger partial charge on any atom is -0.368 e. The second-order valence-corrected chi connectivity index (χ2v) is 7.69. The molecule has 4 aromatic rings. The maximum atomic E-state index is 12.1. The average molecular weight is 405 g/mol. The molecule has 29 heavy (non-hydrogen) atoms. The number of fused-ring (bicyclic) bond motifs is 1. The predicted molar refractivity (Wildman–Crippen MR) is 114 cm³/mol. The Kier molecular flexibility index (Phi) is 5.13. The lowest BCUT2D eigenvalue weighted by molar-refractivity contribution is -0.118. The molecule has 0 aliphatic heterocycles. The molecule has 0 amide bonds. The fraction of sp³-hybridized carbons (Fsp3) is 0.200. The highest BCUT2D eigenvalue weighted by atomic mass is 32.1. The van der Waals surface area contributed by atoms with E-state index in [0.717, 1.165) is 43.9 Å². The first-order valence-electron chi connectivity index (χ1n) is 9.14. The van der Waals surface area contributed by atoms with Gasteiger partial charge in [-0.1, -0.05) is 6.92 Å². The van der Waals surface area contributed by atoms with Crippen molar-refractivity contribution in [1.82, 2.24) is 24.9 Å². The van der Waals surface area contributed by atoms with Gasteiger partial charge < -0.3 is 11.5 Å². The third-order valence-corrected chi connectivity index (χ3v) is 5.50. The number of nitrogens with two attached hydrogens (primary N) is 2. The van der Waals surface area contributed by atoms with Gasteiger partial charge in [0.2, 0.25) is 11.9 Å². The number of hydrogen-bond acceptors (Lipinski definition) is 9. The SMILES string of the molecule is CCCC(=O)Cc1nc2cc(-c3cnc(N)nc3)cc(-c3cnc(N)nc3)c2s1. The zero-order valence-electron chi connectivity index (χ0n) is 15.8. The van der Waals surface area contributed by atoms with Crippen molar-refractivity contribution in [3.8, 4) is 22.3 Å². The zero-order chi connectivity index (χ0) is 20.4. The van der Waals surface area contributed by atoms with E-state index in [1.54, 1.807) is 24.8 Å². The largest absolute Gasteiger partial charge is 0.368 e. The van der Waals surface area contributed by atoms with Crippen molar-refractivity contribution in [2.75, 3.05) is 11.5 Å². The first-order valence-corrected chi connectivity index (χ1v) is 9.96. The van der Waals surface area contributed by atoms with Crippen molar-refractivity contribution in [2.45, 2.75) is 26.2 Å². The van der Waals surface area contributed by atoms with Gasteiger partial charge in [0.1, 0.15) is 10.8 Å². The quantitative estimate of drug-likeness (QED) is 0.499. The number of ketones is 1. The standard InChI is InChI=1S/C20H19N7OS/c1-2-3-14(28)6-17-27-16-5-11(12-7-23-19(21)24-8-12)4-15(18(16)29-17)13-9-25-20(22)26-10-13/h4-5,7-10H,2-3,6H2,1H3,(H2,21,23,24)(H2,22,25,26). The van der Waals surface area contributed by atoms with Crippen LogP contribution in [0.15, 0.2) is 36.9 Å². The number of hydrogen-bond donors (Lipinski definition) is 2. The summed E-state index contributed by atoms with van der Waals surface area (Å²) in [5, 5.41) is 0.793. The summed E-state index contributed by atoms with van der Waals surface area (Å²) in [6.07, 6.45) is 8.44. The van der Waals surface area contributed by atoms with E-state index in [-0.39, 0.29) is 17.7 Å². The Hall–Kier alpha value is -3.46. The Morgan fingerprint density at radius 1 is 0.931 bits per heavy atom. The molecular formula is C20H19N7OS. The topological polar surface area (TPSA) is 134 Å². The van der Waals surface area contributed by atoms with Gasteiger partial charge in [-0.25, -0.2) is 24.9 Å². The monoisotopic (exact) mass is 405 g/mol. The summed E-state index contributed by atoms with van der Waals surface area (Å²) in [5.41, 5.74) is 15.5. The molecule has 0 saturated heterocycles. The fourth-order valence-corrected chi connectivity index (χ4v) is 4.14. The lowest BCUT2D eigenvalue weighted by Crippen LogP contribution is -2.00. The number of rotatable bonds is 6. The maximum absolute atomic E-state index is 12.1. The van der Waals surface area contributed by atoms with Crippen LogP contribution >= 0.6 is 11.3 Å². The van der Waals surface area contributed by atoms with E-state index in [1.807, 2.05) is 19.1 Å². The van der Waals surface area contributed by atoms with Gasteiger partial charge in [0.05, 0.1) is 16.6 Å². The first-order chi connectivity index (χ1) is 14.0. The van der Waals surface area contributed by atoms with E-state index in [0.29, 0.717) is 12.8 Å². The van der Waals surface area contributed by atoms with Crippen LogP contribution in [-0.2, 0) is 11.2 Å². The molecule has 3 aromatic heterocycles. The third-order valence-electron chi connectivity index (χ3n) is 4.40. The molecule has 3 heterocycles. The van der Waals surface area contributed by atoms with Crippen LogP contribution in [0.3, 0.4) is 0 Å². The molecule has 0 saturated carbocycles. The van der Waals surface area contributed by atoms with Gasteiger partial charge in [0.15, 0.2) is 0 Å². The predicted octanol–water partition coefficient (Wildman–Crippen LogP) is 3.29. The smallest absolute Gasteiger partial charge is 0.219 e. The molecule has 8 nitrogen and oxygen atoms in total.